The van der Waals surface area contributed by atoms with Crippen LogP contribution in [-0.2, 0) is 39.8 Å². The summed E-state index contributed by atoms with van der Waals surface area (Å²) in [4.78, 5) is 12.4. The molecule has 148 valence electrons. The molecule has 3 aliphatic rings. The Labute approximate surface area is 158 Å². The Bertz CT molecular complexity index is 687. The van der Waals surface area contributed by atoms with Gasteiger partial charge in [-0.05, 0) is 33.3 Å². The van der Waals surface area contributed by atoms with Crippen LogP contribution in [0.25, 0.3) is 0 Å². The van der Waals surface area contributed by atoms with Gasteiger partial charge in [-0.25, -0.2) is 0 Å². The van der Waals surface area contributed by atoms with Gasteiger partial charge in [-0.3, -0.25) is 4.79 Å². The van der Waals surface area contributed by atoms with Gasteiger partial charge in [-0.2, -0.15) is 0 Å². The van der Waals surface area contributed by atoms with E-state index in [1.54, 1.807) is 0 Å². The molecule has 3 unspecified atom stereocenters. The quantitative estimate of drug-likeness (QED) is 0.746. The Morgan fingerprint density at radius 2 is 1.59 bits per heavy atom. The van der Waals surface area contributed by atoms with Crippen molar-refractivity contribution in [2.24, 2.45) is 0 Å². The van der Waals surface area contributed by atoms with Gasteiger partial charge in [0.05, 0.1) is 6.42 Å². The molecule has 3 heterocycles. The van der Waals surface area contributed by atoms with E-state index < -0.39 is 30.1 Å². The molecule has 3 fully saturated rings. The number of hydrogen-bond acceptors (Lipinski definition) is 7. The van der Waals surface area contributed by atoms with Gasteiger partial charge in [0.2, 0.25) is 0 Å². The van der Waals surface area contributed by atoms with Crippen LogP contribution in [-0.4, -0.2) is 48.2 Å². The molecule has 1 aromatic carbocycles. The predicted octanol–water partition coefficient (Wildman–Crippen LogP) is 2.52. The average molecular weight is 378 g/mol. The van der Waals surface area contributed by atoms with Crippen molar-refractivity contribution in [2.45, 2.75) is 83.0 Å². The Morgan fingerprint density at radius 3 is 2.33 bits per heavy atom. The monoisotopic (exact) mass is 378 g/mol. The summed E-state index contributed by atoms with van der Waals surface area (Å²) >= 11 is 0. The molecular formula is C20H26O7. The molecule has 0 aromatic heterocycles. The zero-order valence-electron chi connectivity index (χ0n) is 16.0. The van der Waals surface area contributed by atoms with Crippen LogP contribution in [0.4, 0.5) is 0 Å². The average Bonchev–Trinajstić information content (AvgIpc) is 3.06. The first kappa shape index (κ1) is 18.8. The molecule has 4 rings (SSSR count). The van der Waals surface area contributed by atoms with Gasteiger partial charge >= 0.3 is 5.97 Å². The Balaban J connectivity index is 1.41. The van der Waals surface area contributed by atoms with E-state index in [1.807, 2.05) is 58.0 Å². The molecule has 27 heavy (non-hydrogen) atoms. The largest absolute Gasteiger partial charge is 0.461 e. The van der Waals surface area contributed by atoms with Crippen LogP contribution in [0.1, 0.15) is 39.7 Å². The molecule has 5 atom stereocenters. The van der Waals surface area contributed by atoms with E-state index in [1.165, 1.54) is 0 Å². The number of esters is 1. The molecule has 0 spiro atoms. The number of carbonyl (C=O) groups is 1. The van der Waals surface area contributed by atoms with Crippen molar-refractivity contribution in [3.05, 3.63) is 35.9 Å². The predicted molar refractivity (Wildman–Crippen MR) is 93.4 cm³/mol. The van der Waals surface area contributed by atoms with Crippen molar-refractivity contribution < 1.29 is 33.2 Å². The third-order valence-corrected chi connectivity index (χ3v) is 4.86. The van der Waals surface area contributed by atoms with Crippen molar-refractivity contribution >= 4 is 5.97 Å². The smallest absolute Gasteiger partial charge is 0.308 e. The van der Waals surface area contributed by atoms with E-state index in [0.717, 1.165) is 5.56 Å². The third-order valence-electron chi connectivity index (χ3n) is 4.86. The fraction of sp³-hybridized carbons (Fsp3) is 0.650. The first-order chi connectivity index (χ1) is 12.7. The van der Waals surface area contributed by atoms with Crippen molar-refractivity contribution in [1.82, 2.24) is 0 Å². The summed E-state index contributed by atoms with van der Waals surface area (Å²) in [6, 6.07) is 9.56. The zero-order chi connectivity index (χ0) is 19.2. The number of hydrogen-bond donors (Lipinski definition) is 0. The number of benzene rings is 1. The molecule has 0 amide bonds. The minimum Gasteiger partial charge on any atom is -0.461 e. The lowest BCUT2D eigenvalue weighted by molar-refractivity contribution is -0.343. The van der Waals surface area contributed by atoms with Gasteiger partial charge in [0.1, 0.15) is 31.0 Å². The summed E-state index contributed by atoms with van der Waals surface area (Å²) in [5.74, 6) is -1.93. The summed E-state index contributed by atoms with van der Waals surface area (Å²) in [6.07, 6.45) is -2.13. The highest BCUT2D eigenvalue weighted by Gasteiger charge is 2.61. The van der Waals surface area contributed by atoms with Crippen LogP contribution in [0.3, 0.4) is 0 Å². The lowest BCUT2D eigenvalue weighted by Crippen LogP contribution is -2.56. The van der Waals surface area contributed by atoms with Crippen LogP contribution in [0.15, 0.2) is 30.3 Å². The summed E-state index contributed by atoms with van der Waals surface area (Å²) in [5, 5.41) is 0. The van der Waals surface area contributed by atoms with Gasteiger partial charge in [-0.15, -0.1) is 0 Å². The van der Waals surface area contributed by atoms with Crippen molar-refractivity contribution in [1.29, 1.82) is 0 Å². The highest BCUT2D eigenvalue weighted by molar-refractivity contribution is 5.70. The topological polar surface area (TPSA) is 72.5 Å². The van der Waals surface area contributed by atoms with Crippen LogP contribution >= 0.6 is 0 Å². The number of fused-ring (bicyclic) bond motifs is 3. The van der Waals surface area contributed by atoms with Crippen LogP contribution < -0.4 is 0 Å². The molecule has 0 radical (unpaired) electrons. The first-order valence-corrected chi connectivity index (χ1v) is 9.29. The maximum Gasteiger partial charge on any atom is 0.308 e. The Morgan fingerprint density at radius 1 is 0.926 bits per heavy atom. The van der Waals surface area contributed by atoms with E-state index in [9.17, 15) is 4.79 Å². The Hall–Kier alpha value is -1.51. The molecule has 3 aliphatic heterocycles. The van der Waals surface area contributed by atoms with E-state index in [4.69, 9.17) is 28.4 Å². The second-order valence-electron chi connectivity index (χ2n) is 8.06. The SMILES string of the molecule is CC1(C)OC(CC(=O)OCc2ccccc2)[C@H]2O[C@@H]3OC(C)(C)OC3C2O1. The van der Waals surface area contributed by atoms with Crippen molar-refractivity contribution in [3.63, 3.8) is 0 Å². The Kier molecular flexibility index (Phi) is 4.76. The van der Waals surface area contributed by atoms with Crippen LogP contribution in [0.2, 0.25) is 0 Å². The minimum absolute atomic E-state index is 0.0730. The standard InChI is InChI=1S/C20H26O7/c1-19(2)24-13(10-14(21)22-11-12-8-6-5-7-9-12)15-16(25-19)17-18(23-15)27-20(3,4)26-17/h5-9,13,15-18H,10-11H2,1-4H3/t13?,15-,16?,17?,18-/m1/s1. The molecule has 3 saturated heterocycles. The van der Waals surface area contributed by atoms with Gasteiger partial charge in [0, 0.05) is 0 Å². The van der Waals surface area contributed by atoms with Crippen molar-refractivity contribution in [2.75, 3.05) is 0 Å². The summed E-state index contributed by atoms with van der Waals surface area (Å²) in [5.41, 5.74) is 0.938. The van der Waals surface area contributed by atoms with Crippen LogP contribution in [0.5, 0.6) is 0 Å². The van der Waals surface area contributed by atoms with E-state index >= 15 is 0 Å². The maximum absolute atomic E-state index is 12.4. The molecular weight excluding hydrogens is 352 g/mol. The molecule has 0 saturated carbocycles. The number of rotatable bonds is 4. The normalized spacial score (nSPS) is 36.1. The van der Waals surface area contributed by atoms with Crippen LogP contribution in [0, 0.1) is 0 Å². The molecule has 7 heteroatoms. The highest BCUT2D eigenvalue weighted by Crippen LogP contribution is 2.44. The van der Waals surface area contributed by atoms with Crippen molar-refractivity contribution in [3.8, 4) is 0 Å². The van der Waals surface area contributed by atoms with E-state index in [-0.39, 0.29) is 31.2 Å². The van der Waals surface area contributed by atoms with Gasteiger partial charge in [-0.1, -0.05) is 30.3 Å². The molecule has 7 nitrogen and oxygen atoms in total. The van der Waals surface area contributed by atoms with Gasteiger partial charge in [0.25, 0.3) is 0 Å². The first-order valence-electron chi connectivity index (χ1n) is 9.29. The highest BCUT2D eigenvalue weighted by atomic mass is 16.9. The summed E-state index contributed by atoms with van der Waals surface area (Å²) in [6.45, 7) is 7.55. The van der Waals surface area contributed by atoms with Gasteiger partial charge < -0.3 is 28.4 Å². The fourth-order valence-electron chi connectivity index (χ4n) is 3.84. The molecule has 0 N–H and O–H groups in total. The lowest BCUT2D eigenvalue weighted by Gasteiger charge is -2.43. The van der Waals surface area contributed by atoms with Gasteiger partial charge in [0.15, 0.2) is 17.9 Å². The maximum atomic E-state index is 12.4. The summed E-state index contributed by atoms with van der Waals surface area (Å²) in [7, 11) is 0. The number of carbonyl (C=O) groups excluding carboxylic acids is 1. The third kappa shape index (κ3) is 4.02. The lowest BCUT2D eigenvalue weighted by atomic mass is 10.00. The zero-order valence-corrected chi connectivity index (χ0v) is 16.0. The minimum atomic E-state index is -0.861. The second kappa shape index (κ2) is 6.83. The number of ether oxygens (including phenoxy) is 6. The molecule has 1 aromatic rings. The molecule has 0 bridgehead atoms. The van der Waals surface area contributed by atoms with E-state index in [2.05, 4.69) is 0 Å². The second-order valence-corrected chi connectivity index (χ2v) is 8.06. The van der Waals surface area contributed by atoms with E-state index in [0.29, 0.717) is 0 Å². The summed E-state index contributed by atoms with van der Waals surface area (Å²) < 4.78 is 35.1. The fourth-order valence-corrected chi connectivity index (χ4v) is 3.84. The molecule has 0 aliphatic carbocycles.